The van der Waals surface area contributed by atoms with E-state index in [0.29, 0.717) is 59.0 Å². The molecule has 0 saturated carbocycles. The molecule has 1 saturated heterocycles. The van der Waals surface area contributed by atoms with Crippen molar-refractivity contribution in [3.8, 4) is 23.3 Å². The van der Waals surface area contributed by atoms with Crippen molar-refractivity contribution >= 4 is 52.2 Å². The second-order valence-corrected chi connectivity index (χ2v) is 16.8. The monoisotopic (exact) mass is 881 g/mol. The van der Waals surface area contributed by atoms with Crippen LogP contribution in [0.15, 0.2) is 97.3 Å². The Labute approximate surface area is 372 Å². The molecule has 0 radical (unpaired) electrons. The maximum Gasteiger partial charge on any atom is 0.349 e. The third-order valence-electron chi connectivity index (χ3n) is 11.1. The zero-order valence-corrected chi connectivity index (χ0v) is 35.8. The number of piperidine rings is 1. The van der Waals surface area contributed by atoms with E-state index in [2.05, 4.69) is 69.1 Å². The number of fused-ring (bicyclic) bond motifs is 2. The first-order chi connectivity index (χ1) is 31.1. The summed E-state index contributed by atoms with van der Waals surface area (Å²) in [5, 5.41) is 17.2. The molecule has 65 heavy (non-hydrogen) atoms. The molecule has 332 valence electrons. The summed E-state index contributed by atoms with van der Waals surface area (Å²) in [5.41, 5.74) is 5.39. The fraction of sp³-hybridized carbons (Fsp3) is 0.271. The molecule has 2 aliphatic heterocycles. The predicted octanol–water partition coefficient (Wildman–Crippen LogP) is 7.07. The van der Waals surface area contributed by atoms with Gasteiger partial charge in [0.25, 0.3) is 11.8 Å². The number of unbranched alkanes of at least 4 members (excludes halogenated alkanes) is 1. The third-order valence-corrected chi connectivity index (χ3v) is 11.1. The smallest absolute Gasteiger partial charge is 0.349 e. The molecule has 0 spiro atoms. The van der Waals surface area contributed by atoms with Crippen molar-refractivity contribution in [2.24, 2.45) is 0 Å². The lowest BCUT2D eigenvalue weighted by atomic mass is 9.92. The van der Waals surface area contributed by atoms with E-state index in [-0.39, 0.29) is 43.2 Å². The maximum absolute atomic E-state index is 15.2. The zero-order chi connectivity index (χ0) is 45.9. The van der Waals surface area contributed by atoms with Crippen LogP contribution in [0.5, 0.6) is 5.75 Å². The topological polar surface area (TPSA) is 192 Å². The Kier molecular flexibility index (Phi) is 12.2. The van der Waals surface area contributed by atoms with Gasteiger partial charge in [0.05, 0.1) is 17.6 Å². The number of benzene rings is 4. The highest BCUT2D eigenvalue weighted by Crippen LogP contribution is 2.31. The second kappa shape index (κ2) is 18.1. The van der Waals surface area contributed by atoms with E-state index < -0.39 is 35.4 Å². The van der Waals surface area contributed by atoms with Crippen LogP contribution in [0.25, 0.3) is 16.7 Å². The minimum absolute atomic E-state index is 0.124. The predicted molar refractivity (Wildman–Crippen MR) is 237 cm³/mol. The number of nitrogens with zero attached hydrogens (tertiary/aromatic N) is 4. The number of ether oxygens (including phenoxy) is 1. The summed E-state index contributed by atoms with van der Waals surface area (Å²) in [5.74, 6) is 0.522. The average molecular weight is 882 g/mol. The minimum atomic E-state index is -3.82. The zero-order valence-electron chi connectivity index (χ0n) is 35.8. The number of rotatable bonds is 12. The van der Waals surface area contributed by atoms with E-state index >= 15 is 8.78 Å². The Morgan fingerprint density at radius 3 is 2.46 bits per heavy atom. The van der Waals surface area contributed by atoms with Crippen LogP contribution in [0.1, 0.15) is 84.8 Å². The minimum Gasteiger partial charge on any atom is -0.493 e. The number of imide groups is 1. The highest BCUT2D eigenvalue weighted by Gasteiger charge is 2.41. The number of hydrogen-bond donors (Lipinski definition) is 5. The number of carbonyl (C=O) groups is 5. The summed E-state index contributed by atoms with van der Waals surface area (Å²) in [6.07, 6.45) is 3.18. The molecule has 17 heteroatoms. The van der Waals surface area contributed by atoms with E-state index in [4.69, 9.17) is 4.74 Å². The summed E-state index contributed by atoms with van der Waals surface area (Å²) >= 11 is 0. The molecule has 15 nitrogen and oxygen atoms in total. The number of amides is 6. The molecular weight excluding hydrogens is 837 g/mol. The number of carbonyl (C=O) groups excluding carboxylic acids is 5. The highest BCUT2D eigenvalue weighted by molar-refractivity contribution is 6.05. The van der Waals surface area contributed by atoms with Crippen molar-refractivity contribution in [1.29, 1.82) is 0 Å². The lowest BCUT2D eigenvalue weighted by Gasteiger charge is -2.29. The van der Waals surface area contributed by atoms with E-state index in [0.717, 1.165) is 22.4 Å². The van der Waals surface area contributed by atoms with Crippen LogP contribution in [-0.4, -0.2) is 67.0 Å². The molecule has 4 aromatic carbocycles. The van der Waals surface area contributed by atoms with Gasteiger partial charge in [-0.2, -0.15) is 13.9 Å². The molecule has 0 bridgehead atoms. The van der Waals surface area contributed by atoms with Gasteiger partial charge in [0, 0.05) is 77.2 Å². The van der Waals surface area contributed by atoms with Crippen LogP contribution in [0.3, 0.4) is 0 Å². The van der Waals surface area contributed by atoms with Gasteiger partial charge >= 0.3 is 12.0 Å². The number of hydrogen-bond acceptors (Lipinski definition) is 8. The van der Waals surface area contributed by atoms with Gasteiger partial charge in [0.1, 0.15) is 18.1 Å². The number of aromatic amines is 1. The van der Waals surface area contributed by atoms with E-state index in [1.54, 1.807) is 36.7 Å². The van der Waals surface area contributed by atoms with Crippen LogP contribution < -0.4 is 26.0 Å². The van der Waals surface area contributed by atoms with Gasteiger partial charge in [-0.05, 0) is 78.6 Å². The molecule has 8 rings (SSSR count). The Bertz CT molecular complexity index is 2870. The van der Waals surface area contributed by atoms with Crippen LogP contribution in [0.2, 0.25) is 0 Å². The number of anilines is 2. The molecular formula is C48H45F2N9O6. The van der Waals surface area contributed by atoms with E-state index in [1.807, 2.05) is 41.0 Å². The van der Waals surface area contributed by atoms with Crippen LogP contribution in [0, 0.1) is 11.8 Å². The van der Waals surface area contributed by atoms with Crippen LogP contribution in [-0.2, 0) is 38.8 Å². The van der Waals surface area contributed by atoms with Crippen molar-refractivity contribution in [2.75, 3.05) is 17.2 Å². The first-order valence-electron chi connectivity index (χ1n) is 21.0. The summed E-state index contributed by atoms with van der Waals surface area (Å²) in [6, 6.07) is 23.6. The number of alkyl halides is 2. The Balaban J connectivity index is 0.769. The van der Waals surface area contributed by atoms with E-state index in [1.165, 1.54) is 29.2 Å². The fourth-order valence-electron chi connectivity index (χ4n) is 7.48. The average Bonchev–Trinajstić information content (AvgIpc) is 4.02. The lowest BCUT2D eigenvalue weighted by Crippen LogP contribution is -2.52. The molecule has 1 unspecified atom stereocenters. The van der Waals surface area contributed by atoms with Gasteiger partial charge in [-0.3, -0.25) is 39.5 Å². The molecule has 2 aliphatic rings. The van der Waals surface area contributed by atoms with Crippen LogP contribution >= 0.6 is 0 Å². The standard InChI is InChI=1S/C48H45F2N9O6/c1-47(2,3)40-25-41(57-56-40)54-46(64)53-33-13-15-34(16-14-33)59-28-52-37-24-35(17-19-38(37)59)65-22-6-4-5-7-29-8-11-32(12-9-29)48(49,50)45(63)51-26-30-10-18-36-31(23-30)27-58(44(36)62)39-20-21-42(60)55-43(39)61/h8-19,23-25,28,39H,4,6,20-22,26-27H2,1-3H3,(H,51,63)(H,55,60,61)(H3,53,54,56,57,64). The van der Waals surface area contributed by atoms with Crippen molar-refractivity contribution in [3.05, 3.63) is 131 Å². The Hall–Kier alpha value is -7.87. The van der Waals surface area contributed by atoms with Gasteiger partial charge in [-0.1, -0.05) is 56.9 Å². The molecule has 1 atom stereocenters. The molecule has 2 aromatic heterocycles. The molecule has 6 aromatic rings. The normalized spacial score (nSPS) is 14.9. The number of halogens is 2. The number of H-pyrrole nitrogens is 1. The van der Waals surface area contributed by atoms with Crippen molar-refractivity contribution in [2.45, 2.75) is 76.9 Å². The fourth-order valence-corrected chi connectivity index (χ4v) is 7.48. The van der Waals surface area contributed by atoms with Crippen molar-refractivity contribution in [1.82, 2.24) is 35.3 Å². The lowest BCUT2D eigenvalue weighted by molar-refractivity contribution is -0.147. The SMILES string of the molecule is CC(C)(C)c1cc(NC(=O)Nc2ccc(-n3cnc4cc(OCCCC#Cc5ccc(C(F)(F)C(=O)NCc6ccc7c(c6)CN(C6CCC(=O)NC6=O)C7=O)cc5)ccc43)cc2)n[nH]1. The van der Waals surface area contributed by atoms with Crippen molar-refractivity contribution in [3.63, 3.8) is 0 Å². The molecule has 0 aliphatic carbocycles. The van der Waals surface area contributed by atoms with E-state index in [9.17, 15) is 24.0 Å². The van der Waals surface area contributed by atoms with Gasteiger partial charge in [0.15, 0.2) is 5.82 Å². The third kappa shape index (κ3) is 9.86. The summed E-state index contributed by atoms with van der Waals surface area (Å²) in [7, 11) is 0. The van der Waals surface area contributed by atoms with Crippen LogP contribution in [0.4, 0.5) is 25.1 Å². The van der Waals surface area contributed by atoms with Gasteiger partial charge in [-0.15, -0.1) is 0 Å². The number of urea groups is 1. The molecule has 6 amide bonds. The van der Waals surface area contributed by atoms with Gasteiger partial charge < -0.3 is 20.3 Å². The first kappa shape index (κ1) is 43.8. The Morgan fingerprint density at radius 2 is 1.72 bits per heavy atom. The maximum atomic E-state index is 15.2. The molecule has 1 fully saturated rings. The molecule has 4 heterocycles. The van der Waals surface area contributed by atoms with Gasteiger partial charge in [0.2, 0.25) is 11.8 Å². The quantitative estimate of drug-likeness (QED) is 0.0490. The largest absolute Gasteiger partial charge is 0.493 e. The number of nitrogens with one attached hydrogen (secondary N) is 5. The second-order valence-electron chi connectivity index (χ2n) is 16.8. The van der Waals surface area contributed by atoms with Crippen molar-refractivity contribution < 1.29 is 37.5 Å². The summed E-state index contributed by atoms with van der Waals surface area (Å²) in [6.45, 7) is 6.48. The highest BCUT2D eigenvalue weighted by atomic mass is 19.3. The van der Waals surface area contributed by atoms with Gasteiger partial charge in [-0.25, -0.2) is 9.78 Å². The molecule has 5 N–H and O–H groups in total. The summed E-state index contributed by atoms with van der Waals surface area (Å²) in [4.78, 5) is 68.0. The summed E-state index contributed by atoms with van der Waals surface area (Å²) < 4.78 is 38.3. The number of aromatic nitrogens is 4. The Morgan fingerprint density at radius 1 is 0.938 bits per heavy atom. The first-order valence-corrected chi connectivity index (χ1v) is 21.0. The number of imidazole rings is 1.